The minimum Gasteiger partial charge on any atom is -0.370 e. The van der Waals surface area contributed by atoms with Crippen LogP contribution in [0.3, 0.4) is 0 Å². The first-order valence-corrected chi connectivity index (χ1v) is 7.43. The SMILES string of the molecule is CCNc1ccc(CSc2cc(C)cc(C)n2)cn1. The molecule has 19 heavy (non-hydrogen) atoms. The van der Waals surface area contributed by atoms with Crippen molar-refractivity contribution in [1.29, 1.82) is 0 Å². The van der Waals surface area contributed by atoms with Crippen LogP contribution < -0.4 is 5.32 Å². The van der Waals surface area contributed by atoms with Gasteiger partial charge in [0.1, 0.15) is 5.82 Å². The number of nitrogens with one attached hydrogen (secondary N) is 1. The summed E-state index contributed by atoms with van der Waals surface area (Å²) in [6, 6.07) is 8.35. The van der Waals surface area contributed by atoms with Crippen LogP contribution in [-0.2, 0) is 5.75 Å². The quantitative estimate of drug-likeness (QED) is 0.840. The Balaban J connectivity index is 1.98. The number of aryl methyl sites for hydroxylation is 2. The second-order valence-corrected chi connectivity index (χ2v) is 5.49. The number of rotatable bonds is 5. The highest BCUT2D eigenvalue weighted by Gasteiger charge is 2.01. The van der Waals surface area contributed by atoms with Crippen molar-refractivity contribution in [3.8, 4) is 0 Å². The Hall–Kier alpha value is -1.55. The molecule has 0 aliphatic heterocycles. The Labute approximate surface area is 118 Å². The van der Waals surface area contributed by atoms with Crippen molar-refractivity contribution in [3.05, 3.63) is 47.3 Å². The molecule has 100 valence electrons. The Morgan fingerprint density at radius 1 is 1.21 bits per heavy atom. The molecule has 0 amide bonds. The Bertz CT molecular complexity index is 517. The van der Waals surface area contributed by atoms with Crippen LogP contribution in [-0.4, -0.2) is 16.5 Å². The van der Waals surface area contributed by atoms with Crippen molar-refractivity contribution < 1.29 is 0 Å². The molecule has 0 saturated carbocycles. The summed E-state index contributed by atoms with van der Waals surface area (Å²) in [5.74, 6) is 1.83. The summed E-state index contributed by atoms with van der Waals surface area (Å²) in [5, 5.41) is 4.27. The number of aromatic nitrogens is 2. The average Bonchev–Trinajstić information content (AvgIpc) is 2.37. The van der Waals surface area contributed by atoms with E-state index in [4.69, 9.17) is 0 Å². The van der Waals surface area contributed by atoms with Gasteiger partial charge in [-0.3, -0.25) is 0 Å². The van der Waals surface area contributed by atoms with Gasteiger partial charge >= 0.3 is 0 Å². The molecule has 0 aliphatic rings. The summed E-state index contributed by atoms with van der Waals surface area (Å²) >= 11 is 1.75. The average molecular weight is 273 g/mol. The number of hydrogen-bond donors (Lipinski definition) is 1. The van der Waals surface area contributed by atoms with E-state index in [1.807, 2.05) is 19.2 Å². The molecule has 0 fully saturated rings. The lowest BCUT2D eigenvalue weighted by atomic mass is 10.3. The molecule has 3 nitrogen and oxygen atoms in total. The van der Waals surface area contributed by atoms with E-state index in [1.165, 1.54) is 11.1 Å². The first-order chi connectivity index (χ1) is 9.17. The van der Waals surface area contributed by atoms with Crippen LogP contribution in [0.2, 0.25) is 0 Å². The van der Waals surface area contributed by atoms with Crippen molar-refractivity contribution in [2.24, 2.45) is 0 Å². The van der Waals surface area contributed by atoms with Gasteiger partial charge in [0.15, 0.2) is 0 Å². The molecule has 0 atom stereocenters. The van der Waals surface area contributed by atoms with E-state index in [9.17, 15) is 0 Å². The molecule has 0 unspecified atom stereocenters. The van der Waals surface area contributed by atoms with Crippen LogP contribution in [0.1, 0.15) is 23.7 Å². The van der Waals surface area contributed by atoms with Gasteiger partial charge < -0.3 is 5.32 Å². The van der Waals surface area contributed by atoms with Crippen molar-refractivity contribution in [2.45, 2.75) is 31.6 Å². The maximum absolute atomic E-state index is 4.53. The van der Waals surface area contributed by atoms with Crippen LogP contribution in [0.15, 0.2) is 35.5 Å². The van der Waals surface area contributed by atoms with Gasteiger partial charge in [0.2, 0.25) is 0 Å². The standard InChI is InChI=1S/C15H19N3S/c1-4-16-14-6-5-13(9-17-14)10-19-15-8-11(2)7-12(3)18-15/h5-9H,4,10H2,1-3H3,(H,16,17). The van der Waals surface area contributed by atoms with Gasteiger partial charge in [-0.2, -0.15) is 0 Å². The zero-order valence-corrected chi connectivity index (χ0v) is 12.4. The molecule has 2 aromatic heterocycles. The second-order valence-electron chi connectivity index (χ2n) is 4.49. The van der Waals surface area contributed by atoms with E-state index in [1.54, 1.807) is 11.8 Å². The molecular weight excluding hydrogens is 254 g/mol. The summed E-state index contributed by atoms with van der Waals surface area (Å²) in [6.07, 6.45) is 1.92. The van der Waals surface area contributed by atoms with Crippen LogP contribution in [0, 0.1) is 13.8 Å². The smallest absolute Gasteiger partial charge is 0.125 e. The third-order valence-electron chi connectivity index (χ3n) is 2.64. The fourth-order valence-electron chi connectivity index (χ4n) is 1.83. The highest BCUT2D eigenvalue weighted by Crippen LogP contribution is 2.22. The van der Waals surface area contributed by atoms with Gasteiger partial charge in [-0.1, -0.05) is 6.07 Å². The Morgan fingerprint density at radius 2 is 2.05 bits per heavy atom. The van der Waals surface area contributed by atoms with E-state index in [2.05, 4.69) is 47.3 Å². The van der Waals surface area contributed by atoms with Crippen LogP contribution in [0.5, 0.6) is 0 Å². The van der Waals surface area contributed by atoms with E-state index >= 15 is 0 Å². The van der Waals surface area contributed by atoms with E-state index in [0.717, 1.165) is 28.8 Å². The summed E-state index contributed by atoms with van der Waals surface area (Å²) < 4.78 is 0. The lowest BCUT2D eigenvalue weighted by Crippen LogP contribution is -1.98. The maximum atomic E-state index is 4.53. The van der Waals surface area contributed by atoms with Gasteiger partial charge in [-0.15, -0.1) is 11.8 Å². The highest BCUT2D eigenvalue weighted by molar-refractivity contribution is 7.98. The molecule has 0 radical (unpaired) electrons. The molecule has 2 aromatic rings. The molecule has 1 N–H and O–H groups in total. The summed E-state index contributed by atoms with van der Waals surface area (Å²) in [6.45, 7) is 7.10. The third-order valence-corrected chi connectivity index (χ3v) is 3.63. The van der Waals surface area contributed by atoms with E-state index in [-0.39, 0.29) is 0 Å². The number of hydrogen-bond acceptors (Lipinski definition) is 4. The van der Waals surface area contributed by atoms with E-state index in [0.29, 0.717) is 0 Å². The van der Waals surface area contributed by atoms with Gasteiger partial charge in [0.25, 0.3) is 0 Å². The topological polar surface area (TPSA) is 37.8 Å². The van der Waals surface area contributed by atoms with E-state index < -0.39 is 0 Å². The molecule has 0 saturated heterocycles. The monoisotopic (exact) mass is 273 g/mol. The predicted molar refractivity (Wildman–Crippen MR) is 81.7 cm³/mol. The zero-order valence-electron chi connectivity index (χ0n) is 11.6. The number of anilines is 1. The normalized spacial score (nSPS) is 10.5. The lowest BCUT2D eigenvalue weighted by Gasteiger charge is -2.05. The second kappa shape index (κ2) is 6.57. The van der Waals surface area contributed by atoms with Crippen LogP contribution in [0.4, 0.5) is 5.82 Å². The minimum absolute atomic E-state index is 0.896. The van der Waals surface area contributed by atoms with Gasteiger partial charge in [-0.05, 0) is 50.1 Å². The van der Waals surface area contributed by atoms with Crippen molar-refractivity contribution in [1.82, 2.24) is 9.97 Å². The molecule has 0 aliphatic carbocycles. The molecule has 0 bridgehead atoms. The molecular formula is C15H19N3S. The largest absolute Gasteiger partial charge is 0.370 e. The van der Waals surface area contributed by atoms with Crippen LogP contribution >= 0.6 is 11.8 Å². The molecule has 2 heterocycles. The van der Waals surface area contributed by atoms with Crippen LogP contribution in [0.25, 0.3) is 0 Å². The molecule has 0 aromatic carbocycles. The number of thioether (sulfide) groups is 1. The van der Waals surface area contributed by atoms with Gasteiger partial charge in [0, 0.05) is 24.2 Å². The Morgan fingerprint density at radius 3 is 2.68 bits per heavy atom. The van der Waals surface area contributed by atoms with Gasteiger partial charge in [0.05, 0.1) is 5.03 Å². The highest BCUT2D eigenvalue weighted by atomic mass is 32.2. The molecule has 2 rings (SSSR count). The molecule has 0 spiro atoms. The predicted octanol–water partition coefficient (Wildman–Crippen LogP) is 3.82. The first kappa shape index (κ1) is 13.9. The number of nitrogens with zero attached hydrogens (tertiary/aromatic N) is 2. The summed E-state index contributed by atoms with van der Waals surface area (Å²) in [5.41, 5.74) is 3.55. The fourth-order valence-corrected chi connectivity index (χ4v) is 2.79. The third kappa shape index (κ3) is 4.24. The zero-order chi connectivity index (χ0) is 13.7. The fraction of sp³-hybridized carbons (Fsp3) is 0.333. The minimum atomic E-state index is 0.896. The van der Waals surface area contributed by atoms with Crippen molar-refractivity contribution in [2.75, 3.05) is 11.9 Å². The summed E-state index contributed by atoms with van der Waals surface area (Å²) in [7, 11) is 0. The lowest BCUT2D eigenvalue weighted by molar-refractivity contribution is 1.04. The van der Waals surface area contributed by atoms with Crippen molar-refractivity contribution in [3.63, 3.8) is 0 Å². The molecule has 4 heteroatoms. The Kier molecular flexibility index (Phi) is 4.80. The maximum Gasteiger partial charge on any atom is 0.125 e. The first-order valence-electron chi connectivity index (χ1n) is 6.44. The number of pyridine rings is 2. The van der Waals surface area contributed by atoms with Gasteiger partial charge in [-0.25, -0.2) is 9.97 Å². The summed E-state index contributed by atoms with van der Waals surface area (Å²) in [4.78, 5) is 8.90. The van der Waals surface area contributed by atoms with Crippen molar-refractivity contribution >= 4 is 17.6 Å².